The van der Waals surface area contributed by atoms with Crippen LogP contribution in [-0.2, 0) is 5.41 Å². The zero-order valence-electron chi connectivity index (χ0n) is 16.0. The summed E-state index contributed by atoms with van der Waals surface area (Å²) in [6.45, 7) is 6.66. The van der Waals surface area contributed by atoms with Crippen LogP contribution in [0, 0.1) is 24.7 Å². The molecule has 0 saturated heterocycles. The van der Waals surface area contributed by atoms with Gasteiger partial charge in [-0.3, -0.25) is 0 Å². The highest BCUT2D eigenvalue weighted by atomic mass is 15.1. The van der Waals surface area contributed by atoms with Gasteiger partial charge in [0.2, 0.25) is 0 Å². The number of nitrogens with zero attached hydrogens (tertiary/aromatic N) is 1. The minimum absolute atomic E-state index is 0.117. The number of hydrogen-bond acceptors (Lipinski definition) is 1. The molecule has 0 unspecified atom stereocenters. The molecule has 3 aromatic rings. The first kappa shape index (κ1) is 18.4. The molecule has 0 aromatic heterocycles. The maximum atomic E-state index is 5.51. The molecule has 0 radical (unpaired) electrons. The second-order valence-corrected chi connectivity index (χ2v) is 7.51. The van der Waals surface area contributed by atoms with Gasteiger partial charge in [-0.2, -0.15) is 0 Å². The van der Waals surface area contributed by atoms with Crippen molar-refractivity contribution in [2.75, 3.05) is 4.90 Å². The van der Waals surface area contributed by atoms with Crippen molar-refractivity contribution in [1.82, 2.24) is 0 Å². The molecule has 0 N–H and O–H groups in total. The molecule has 0 aliphatic carbocycles. The molecule has 0 atom stereocenters. The highest BCUT2D eigenvalue weighted by molar-refractivity contribution is 5.77. The van der Waals surface area contributed by atoms with E-state index >= 15 is 0 Å². The lowest BCUT2D eigenvalue weighted by atomic mass is 9.87. The topological polar surface area (TPSA) is 3.24 Å². The van der Waals surface area contributed by atoms with Crippen LogP contribution in [0.4, 0.5) is 17.1 Å². The van der Waals surface area contributed by atoms with Crippen molar-refractivity contribution in [3.63, 3.8) is 0 Å². The zero-order valence-corrected chi connectivity index (χ0v) is 16.0. The summed E-state index contributed by atoms with van der Waals surface area (Å²) in [6, 6.07) is 24.7. The van der Waals surface area contributed by atoms with E-state index in [-0.39, 0.29) is 5.41 Å². The van der Waals surface area contributed by atoms with Crippen LogP contribution < -0.4 is 4.90 Å². The highest BCUT2D eigenvalue weighted by Gasteiger charge is 2.16. The van der Waals surface area contributed by atoms with Crippen LogP contribution in [0.5, 0.6) is 0 Å². The largest absolute Gasteiger partial charge is 0.311 e. The zero-order chi connectivity index (χ0) is 19.4. The average molecular weight is 349 g/mol. The predicted molar refractivity (Wildman–Crippen MR) is 116 cm³/mol. The van der Waals surface area contributed by atoms with Crippen LogP contribution in [0.2, 0.25) is 0 Å². The minimum Gasteiger partial charge on any atom is -0.311 e. The van der Waals surface area contributed by atoms with Gasteiger partial charge < -0.3 is 4.90 Å². The maximum Gasteiger partial charge on any atom is 0.0462 e. The van der Waals surface area contributed by atoms with Crippen molar-refractivity contribution in [1.29, 1.82) is 0 Å². The van der Waals surface area contributed by atoms with E-state index in [9.17, 15) is 0 Å². The van der Waals surface area contributed by atoms with Gasteiger partial charge in [0.25, 0.3) is 0 Å². The Kier molecular flexibility index (Phi) is 5.07. The SMILES string of the molecule is C#Cc1ccc(N(c2ccc(C#C)cc2)c2ccc(C(C)(C)C)cc2)cc1. The fraction of sp³-hybridized carbons (Fsp3) is 0.154. The minimum atomic E-state index is 0.117. The molecule has 0 amide bonds. The van der Waals surface area contributed by atoms with Gasteiger partial charge in [-0.05, 0) is 71.6 Å². The molecule has 0 aliphatic rings. The third-order valence-electron chi connectivity index (χ3n) is 4.58. The Morgan fingerprint density at radius 1 is 0.593 bits per heavy atom. The summed E-state index contributed by atoms with van der Waals surface area (Å²) in [4.78, 5) is 2.20. The molecule has 3 rings (SSSR count). The first-order chi connectivity index (χ1) is 12.9. The fourth-order valence-corrected chi connectivity index (χ4v) is 2.97. The second-order valence-electron chi connectivity index (χ2n) is 7.51. The van der Waals surface area contributed by atoms with E-state index in [0.717, 1.165) is 28.2 Å². The van der Waals surface area contributed by atoms with Crippen LogP contribution in [0.3, 0.4) is 0 Å². The summed E-state index contributed by atoms with van der Waals surface area (Å²) < 4.78 is 0. The summed E-state index contributed by atoms with van der Waals surface area (Å²) in [5.74, 6) is 5.34. The quantitative estimate of drug-likeness (QED) is 0.493. The van der Waals surface area contributed by atoms with Gasteiger partial charge >= 0.3 is 0 Å². The summed E-state index contributed by atoms with van der Waals surface area (Å²) in [5, 5.41) is 0. The molecular formula is C26H23N. The molecule has 1 heteroatoms. The first-order valence-corrected chi connectivity index (χ1v) is 8.96. The lowest BCUT2D eigenvalue weighted by Gasteiger charge is -2.27. The van der Waals surface area contributed by atoms with Crippen molar-refractivity contribution in [2.24, 2.45) is 0 Å². The molecule has 0 spiro atoms. The first-order valence-electron chi connectivity index (χ1n) is 8.96. The van der Waals surface area contributed by atoms with Crippen molar-refractivity contribution in [3.8, 4) is 24.7 Å². The van der Waals surface area contributed by atoms with Crippen molar-refractivity contribution >= 4 is 17.1 Å². The highest BCUT2D eigenvalue weighted by Crippen LogP contribution is 2.35. The van der Waals surface area contributed by atoms with Gasteiger partial charge in [-0.15, -0.1) is 12.8 Å². The van der Waals surface area contributed by atoms with Gasteiger partial charge in [-0.25, -0.2) is 0 Å². The normalized spacial score (nSPS) is 10.7. The Hall–Kier alpha value is -3.42. The lowest BCUT2D eigenvalue weighted by molar-refractivity contribution is 0.590. The van der Waals surface area contributed by atoms with Crippen LogP contribution in [-0.4, -0.2) is 0 Å². The van der Waals surface area contributed by atoms with E-state index in [2.05, 4.69) is 61.8 Å². The standard InChI is InChI=1S/C26H23N/c1-6-20-8-14-23(15-9-20)27(24-16-10-21(7-2)11-17-24)25-18-12-22(13-19-25)26(3,4)5/h1-2,8-19H,3-5H3. The van der Waals surface area contributed by atoms with Crippen molar-refractivity contribution < 1.29 is 0 Å². The van der Waals surface area contributed by atoms with Crippen LogP contribution in [0.15, 0.2) is 72.8 Å². The van der Waals surface area contributed by atoms with Gasteiger partial charge in [0, 0.05) is 28.2 Å². The van der Waals surface area contributed by atoms with E-state index in [0.29, 0.717) is 0 Å². The molecule has 0 bridgehead atoms. The van der Waals surface area contributed by atoms with Gasteiger partial charge in [0.15, 0.2) is 0 Å². The molecule has 0 fully saturated rings. The van der Waals surface area contributed by atoms with E-state index in [1.807, 2.05) is 48.5 Å². The van der Waals surface area contributed by atoms with E-state index in [1.54, 1.807) is 0 Å². The predicted octanol–water partition coefficient (Wildman–Crippen LogP) is 6.42. The smallest absolute Gasteiger partial charge is 0.0462 e. The summed E-state index contributed by atoms with van der Waals surface area (Å²) >= 11 is 0. The molecule has 1 nitrogen and oxygen atoms in total. The number of rotatable bonds is 3. The van der Waals surface area contributed by atoms with Crippen molar-refractivity contribution in [2.45, 2.75) is 26.2 Å². The van der Waals surface area contributed by atoms with E-state index in [1.165, 1.54) is 5.56 Å². The monoisotopic (exact) mass is 349 g/mol. The van der Waals surface area contributed by atoms with Crippen LogP contribution >= 0.6 is 0 Å². The van der Waals surface area contributed by atoms with Crippen LogP contribution in [0.25, 0.3) is 0 Å². The van der Waals surface area contributed by atoms with E-state index in [4.69, 9.17) is 12.8 Å². The van der Waals surface area contributed by atoms with Gasteiger partial charge in [-0.1, -0.05) is 44.7 Å². The van der Waals surface area contributed by atoms with Gasteiger partial charge in [0.1, 0.15) is 0 Å². The molecule has 0 aliphatic heterocycles. The number of terminal acetylenes is 2. The summed E-state index contributed by atoms with van der Waals surface area (Å²) in [6.07, 6.45) is 11.0. The molecule has 3 aromatic carbocycles. The molecule has 132 valence electrons. The molecule has 0 saturated carbocycles. The number of hydrogen-bond donors (Lipinski definition) is 0. The Morgan fingerprint density at radius 2 is 0.926 bits per heavy atom. The number of anilines is 3. The molecule has 0 heterocycles. The second kappa shape index (κ2) is 7.45. The third kappa shape index (κ3) is 4.05. The fourth-order valence-electron chi connectivity index (χ4n) is 2.97. The third-order valence-corrected chi connectivity index (χ3v) is 4.58. The Bertz CT molecular complexity index is 929. The average Bonchev–Trinajstić information content (AvgIpc) is 2.69. The number of benzene rings is 3. The molecule has 27 heavy (non-hydrogen) atoms. The van der Waals surface area contributed by atoms with Gasteiger partial charge in [0.05, 0.1) is 0 Å². The molecular weight excluding hydrogens is 326 g/mol. The Labute approximate surface area is 162 Å². The Balaban J connectivity index is 2.08. The van der Waals surface area contributed by atoms with Crippen LogP contribution in [0.1, 0.15) is 37.5 Å². The maximum absolute atomic E-state index is 5.51. The van der Waals surface area contributed by atoms with Crippen molar-refractivity contribution in [3.05, 3.63) is 89.5 Å². The summed E-state index contributed by atoms with van der Waals surface area (Å²) in [5.41, 5.74) is 6.33. The van der Waals surface area contributed by atoms with E-state index < -0.39 is 0 Å². The summed E-state index contributed by atoms with van der Waals surface area (Å²) in [7, 11) is 0. The lowest BCUT2D eigenvalue weighted by Crippen LogP contribution is -2.13. The Morgan fingerprint density at radius 3 is 1.22 bits per heavy atom.